The summed E-state index contributed by atoms with van der Waals surface area (Å²) < 4.78 is 5.25. The van der Waals surface area contributed by atoms with Gasteiger partial charge in [0.15, 0.2) is 0 Å². The summed E-state index contributed by atoms with van der Waals surface area (Å²) in [4.78, 5) is 23.0. The molecule has 0 saturated heterocycles. The molecule has 0 bridgehead atoms. The summed E-state index contributed by atoms with van der Waals surface area (Å²) >= 11 is 0. The first-order valence-electron chi connectivity index (χ1n) is 6.67. The van der Waals surface area contributed by atoms with Crippen molar-refractivity contribution in [2.45, 2.75) is 39.5 Å². The Balaban J connectivity index is 2.58. The van der Waals surface area contributed by atoms with Crippen LogP contribution in [0, 0.1) is 5.92 Å². The fourth-order valence-corrected chi connectivity index (χ4v) is 1.94. The van der Waals surface area contributed by atoms with Crippen molar-refractivity contribution in [2.75, 3.05) is 6.54 Å². The smallest absolute Gasteiger partial charge is 0.308 e. The molecule has 5 heteroatoms. The molecule has 0 aliphatic heterocycles. The van der Waals surface area contributed by atoms with Gasteiger partial charge in [0.2, 0.25) is 0 Å². The molecule has 106 valence electrons. The van der Waals surface area contributed by atoms with Gasteiger partial charge >= 0.3 is 5.97 Å². The second-order valence-corrected chi connectivity index (χ2v) is 4.54. The van der Waals surface area contributed by atoms with E-state index >= 15 is 0 Å². The normalized spacial score (nSPS) is 12.1. The maximum absolute atomic E-state index is 12.0. The SMILES string of the molecule is CCCc1occc1C(=O)NCC(CCC)C(=O)O. The highest BCUT2D eigenvalue weighted by Gasteiger charge is 2.19. The third-order valence-corrected chi connectivity index (χ3v) is 2.96. The molecule has 0 saturated carbocycles. The first kappa shape index (κ1) is 15.3. The zero-order valence-corrected chi connectivity index (χ0v) is 11.4. The number of carboxylic acid groups (broad SMARTS) is 1. The molecule has 1 aromatic rings. The lowest BCUT2D eigenvalue weighted by Gasteiger charge is -2.12. The lowest BCUT2D eigenvalue weighted by molar-refractivity contribution is -0.141. The van der Waals surface area contributed by atoms with E-state index in [0.717, 1.165) is 12.8 Å². The quantitative estimate of drug-likeness (QED) is 0.758. The van der Waals surface area contributed by atoms with Gasteiger partial charge in [0.25, 0.3) is 5.91 Å². The number of rotatable bonds is 8. The van der Waals surface area contributed by atoms with Gasteiger partial charge in [-0.05, 0) is 18.9 Å². The second-order valence-electron chi connectivity index (χ2n) is 4.54. The van der Waals surface area contributed by atoms with Gasteiger partial charge in [-0.2, -0.15) is 0 Å². The molecule has 0 fully saturated rings. The van der Waals surface area contributed by atoms with Gasteiger partial charge in [-0.1, -0.05) is 20.3 Å². The molecule has 1 aromatic heterocycles. The molecule has 5 nitrogen and oxygen atoms in total. The molecule has 0 aromatic carbocycles. The van der Waals surface area contributed by atoms with Crippen LogP contribution in [0.15, 0.2) is 16.7 Å². The first-order chi connectivity index (χ1) is 9.10. The fraction of sp³-hybridized carbons (Fsp3) is 0.571. The number of furan rings is 1. The Kier molecular flexibility index (Phi) is 6.12. The van der Waals surface area contributed by atoms with Crippen LogP contribution >= 0.6 is 0 Å². The van der Waals surface area contributed by atoms with E-state index in [4.69, 9.17) is 9.52 Å². The molecule has 1 unspecified atom stereocenters. The van der Waals surface area contributed by atoms with E-state index in [9.17, 15) is 9.59 Å². The molecule has 0 radical (unpaired) electrons. The second kappa shape index (κ2) is 7.61. The molecular weight excluding hydrogens is 246 g/mol. The molecule has 1 rings (SSSR count). The Bertz CT molecular complexity index is 425. The van der Waals surface area contributed by atoms with Crippen molar-refractivity contribution in [2.24, 2.45) is 5.92 Å². The summed E-state index contributed by atoms with van der Waals surface area (Å²) in [5, 5.41) is 11.7. The van der Waals surface area contributed by atoms with Crippen molar-refractivity contribution in [1.29, 1.82) is 0 Å². The number of amides is 1. The molecular formula is C14H21NO4. The van der Waals surface area contributed by atoms with Crippen molar-refractivity contribution in [1.82, 2.24) is 5.32 Å². The van der Waals surface area contributed by atoms with Crippen LogP contribution in [0.5, 0.6) is 0 Å². The topological polar surface area (TPSA) is 79.5 Å². The number of hydrogen-bond acceptors (Lipinski definition) is 3. The minimum atomic E-state index is -0.872. The Morgan fingerprint density at radius 3 is 2.68 bits per heavy atom. The number of carbonyl (C=O) groups is 2. The van der Waals surface area contributed by atoms with Crippen LogP contribution in [-0.4, -0.2) is 23.5 Å². The van der Waals surface area contributed by atoms with E-state index in [1.807, 2.05) is 13.8 Å². The highest BCUT2D eigenvalue weighted by atomic mass is 16.4. The number of aliphatic carboxylic acids is 1. The van der Waals surface area contributed by atoms with E-state index in [0.29, 0.717) is 24.2 Å². The predicted octanol–water partition coefficient (Wildman–Crippen LogP) is 2.46. The molecule has 1 heterocycles. The van der Waals surface area contributed by atoms with Crippen LogP contribution in [0.25, 0.3) is 0 Å². The number of nitrogens with one attached hydrogen (secondary N) is 1. The molecule has 1 amide bonds. The van der Waals surface area contributed by atoms with Crippen molar-refractivity contribution < 1.29 is 19.1 Å². The minimum absolute atomic E-state index is 0.152. The molecule has 0 spiro atoms. The van der Waals surface area contributed by atoms with Gasteiger partial charge in [-0.25, -0.2) is 0 Å². The molecule has 1 atom stereocenters. The summed E-state index contributed by atoms with van der Waals surface area (Å²) in [6.07, 6.45) is 4.41. The van der Waals surface area contributed by atoms with Crippen molar-refractivity contribution in [3.63, 3.8) is 0 Å². The zero-order valence-electron chi connectivity index (χ0n) is 11.4. The van der Waals surface area contributed by atoms with Gasteiger partial charge in [-0.3, -0.25) is 9.59 Å². The fourth-order valence-electron chi connectivity index (χ4n) is 1.94. The highest BCUT2D eigenvalue weighted by Crippen LogP contribution is 2.13. The standard InChI is InChI=1S/C14H21NO4/c1-3-5-10(14(17)18)9-15-13(16)11-7-8-19-12(11)6-4-2/h7-8,10H,3-6,9H2,1-2H3,(H,15,16)(H,17,18). The Hall–Kier alpha value is -1.78. The minimum Gasteiger partial charge on any atom is -0.481 e. The van der Waals surface area contributed by atoms with Crippen molar-refractivity contribution in [3.8, 4) is 0 Å². The van der Waals surface area contributed by atoms with Crippen LogP contribution in [-0.2, 0) is 11.2 Å². The van der Waals surface area contributed by atoms with Crippen molar-refractivity contribution in [3.05, 3.63) is 23.7 Å². The van der Waals surface area contributed by atoms with Crippen LogP contribution in [0.1, 0.15) is 49.2 Å². The number of aryl methyl sites for hydroxylation is 1. The van der Waals surface area contributed by atoms with E-state index in [2.05, 4.69) is 5.32 Å². The summed E-state index contributed by atoms with van der Waals surface area (Å²) in [7, 11) is 0. The predicted molar refractivity (Wildman–Crippen MR) is 71.1 cm³/mol. The average Bonchev–Trinajstić information content (AvgIpc) is 2.82. The summed E-state index contributed by atoms with van der Waals surface area (Å²) in [6.45, 7) is 4.08. The van der Waals surface area contributed by atoms with Crippen LogP contribution in [0.2, 0.25) is 0 Å². The lowest BCUT2D eigenvalue weighted by Crippen LogP contribution is -2.33. The highest BCUT2D eigenvalue weighted by molar-refractivity contribution is 5.95. The first-order valence-corrected chi connectivity index (χ1v) is 6.67. The number of carbonyl (C=O) groups excluding carboxylic acids is 1. The third kappa shape index (κ3) is 4.43. The Morgan fingerprint density at radius 1 is 1.37 bits per heavy atom. The van der Waals surface area contributed by atoms with Crippen LogP contribution < -0.4 is 5.32 Å². The van der Waals surface area contributed by atoms with E-state index in [1.165, 1.54) is 6.26 Å². The lowest BCUT2D eigenvalue weighted by atomic mass is 10.0. The monoisotopic (exact) mass is 267 g/mol. The largest absolute Gasteiger partial charge is 0.481 e. The maximum Gasteiger partial charge on any atom is 0.308 e. The molecule has 0 aliphatic carbocycles. The van der Waals surface area contributed by atoms with Gasteiger partial charge in [0.05, 0.1) is 17.7 Å². The van der Waals surface area contributed by atoms with Gasteiger partial charge in [-0.15, -0.1) is 0 Å². The summed E-state index contributed by atoms with van der Waals surface area (Å²) in [6, 6.07) is 1.62. The van der Waals surface area contributed by atoms with E-state index < -0.39 is 11.9 Å². The number of carboxylic acids is 1. The van der Waals surface area contributed by atoms with Crippen LogP contribution in [0.3, 0.4) is 0 Å². The van der Waals surface area contributed by atoms with Gasteiger partial charge in [0.1, 0.15) is 5.76 Å². The zero-order chi connectivity index (χ0) is 14.3. The Labute approximate surface area is 113 Å². The number of hydrogen-bond donors (Lipinski definition) is 2. The van der Waals surface area contributed by atoms with E-state index in [1.54, 1.807) is 6.07 Å². The average molecular weight is 267 g/mol. The van der Waals surface area contributed by atoms with Crippen LogP contribution in [0.4, 0.5) is 0 Å². The molecule has 2 N–H and O–H groups in total. The van der Waals surface area contributed by atoms with E-state index in [-0.39, 0.29) is 12.5 Å². The third-order valence-electron chi connectivity index (χ3n) is 2.96. The van der Waals surface area contributed by atoms with Gasteiger partial charge in [0, 0.05) is 13.0 Å². The summed E-state index contributed by atoms with van der Waals surface area (Å²) in [5.74, 6) is -1.01. The molecule has 19 heavy (non-hydrogen) atoms. The summed E-state index contributed by atoms with van der Waals surface area (Å²) in [5.41, 5.74) is 0.502. The van der Waals surface area contributed by atoms with Crippen molar-refractivity contribution >= 4 is 11.9 Å². The Morgan fingerprint density at radius 2 is 2.11 bits per heavy atom. The maximum atomic E-state index is 12.0. The molecule has 0 aliphatic rings. The van der Waals surface area contributed by atoms with Gasteiger partial charge < -0.3 is 14.8 Å².